The first-order valence-corrected chi connectivity index (χ1v) is 7.88. The van der Waals surface area contributed by atoms with Gasteiger partial charge in [0, 0.05) is 24.1 Å². The SMILES string of the molecule is CCOc1cccc(C(NN)C2CSCCN2C)c1. The first-order valence-electron chi connectivity index (χ1n) is 6.73. The Morgan fingerprint density at radius 2 is 2.42 bits per heavy atom. The highest BCUT2D eigenvalue weighted by Gasteiger charge is 2.28. The minimum absolute atomic E-state index is 0.137. The van der Waals surface area contributed by atoms with Crippen molar-refractivity contribution in [1.82, 2.24) is 10.3 Å². The lowest BCUT2D eigenvalue weighted by Gasteiger charge is -2.37. The van der Waals surface area contributed by atoms with E-state index in [-0.39, 0.29) is 6.04 Å². The Kier molecular flexibility index (Phi) is 5.51. The molecule has 1 aromatic rings. The molecular weight excluding hydrogens is 258 g/mol. The van der Waals surface area contributed by atoms with Crippen LogP contribution in [0.25, 0.3) is 0 Å². The summed E-state index contributed by atoms with van der Waals surface area (Å²) >= 11 is 1.99. The highest BCUT2D eigenvalue weighted by atomic mass is 32.2. The van der Waals surface area contributed by atoms with Crippen LogP contribution in [0.15, 0.2) is 24.3 Å². The number of nitrogens with two attached hydrogens (primary N) is 1. The molecule has 2 unspecified atom stereocenters. The number of nitrogens with one attached hydrogen (secondary N) is 1. The zero-order valence-corrected chi connectivity index (χ0v) is 12.5. The van der Waals surface area contributed by atoms with E-state index in [0.29, 0.717) is 12.6 Å². The lowest BCUT2D eigenvalue weighted by atomic mass is 9.99. The molecule has 19 heavy (non-hydrogen) atoms. The summed E-state index contributed by atoms with van der Waals surface area (Å²) in [6.07, 6.45) is 0. The van der Waals surface area contributed by atoms with Crippen molar-refractivity contribution >= 4 is 11.8 Å². The van der Waals surface area contributed by atoms with Crippen LogP contribution in [0.1, 0.15) is 18.5 Å². The van der Waals surface area contributed by atoms with Crippen LogP contribution in [0.2, 0.25) is 0 Å². The second-order valence-corrected chi connectivity index (χ2v) is 5.92. The van der Waals surface area contributed by atoms with Crippen LogP contribution in [0.4, 0.5) is 0 Å². The monoisotopic (exact) mass is 281 g/mol. The summed E-state index contributed by atoms with van der Waals surface area (Å²) in [6.45, 7) is 3.79. The van der Waals surface area contributed by atoms with Crippen molar-refractivity contribution in [3.8, 4) is 5.75 Å². The van der Waals surface area contributed by atoms with Crippen molar-refractivity contribution in [1.29, 1.82) is 0 Å². The molecule has 1 heterocycles. The fourth-order valence-electron chi connectivity index (χ4n) is 2.45. The molecule has 1 saturated heterocycles. The van der Waals surface area contributed by atoms with Crippen LogP contribution in [0.5, 0.6) is 5.75 Å². The molecule has 0 radical (unpaired) electrons. The Morgan fingerprint density at radius 1 is 1.58 bits per heavy atom. The van der Waals surface area contributed by atoms with Crippen molar-refractivity contribution < 1.29 is 4.74 Å². The number of thioether (sulfide) groups is 1. The third-order valence-corrected chi connectivity index (χ3v) is 4.58. The second-order valence-electron chi connectivity index (χ2n) is 4.77. The summed E-state index contributed by atoms with van der Waals surface area (Å²) in [5.41, 5.74) is 4.17. The molecule has 1 aliphatic rings. The number of ether oxygens (including phenoxy) is 1. The predicted octanol–water partition coefficient (Wildman–Crippen LogP) is 1.64. The summed E-state index contributed by atoms with van der Waals surface area (Å²) in [6, 6.07) is 8.76. The minimum Gasteiger partial charge on any atom is -0.494 e. The average Bonchev–Trinajstić information content (AvgIpc) is 2.43. The van der Waals surface area contributed by atoms with Gasteiger partial charge in [0.05, 0.1) is 12.6 Å². The van der Waals surface area contributed by atoms with Crippen LogP contribution in [0.3, 0.4) is 0 Å². The molecule has 0 saturated carbocycles. The van der Waals surface area contributed by atoms with Crippen LogP contribution >= 0.6 is 11.8 Å². The van der Waals surface area contributed by atoms with E-state index in [9.17, 15) is 0 Å². The van der Waals surface area contributed by atoms with E-state index in [4.69, 9.17) is 10.6 Å². The lowest BCUT2D eigenvalue weighted by molar-refractivity contribution is 0.216. The topological polar surface area (TPSA) is 50.5 Å². The zero-order valence-electron chi connectivity index (χ0n) is 11.6. The molecule has 2 atom stereocenters. The van der Waals surface area contributed by atoms with Crippen molar-refractivity contribution in [3.63, 3.8) is 0 Å². The van der Waals surface area contributed by atoms with Crippen molar-refractivity contribution in [2.45, 2.75) is 19.0 Å². The Labute approximate surface area is 119 Å². The standard InChI is InChI=1S/C14H23N3OS/c1-3-18-12-6-4-5-11(9-12)14(16-15)13-10-19-8-7-17(13)2/h4-6,9,13-14,16H,3,7-8,10,15H2,1-2H3. The van der Waals surface area contributed by atoms with Gasteiger partial charge in [0.2, 0.25) is 0 Å². The molecule has 1 fully saturated rings. The molecule has 0 amide bonds. The van der Waals surface area contributed by atoms with E-state index < -0.39 is 0 Å². The third kappa shape index (κ3) is 3.63. The molecule has 2 rings (SSSR count). The van der Waals surface area contributed by atoms with Crippen molar-refractivity contribution in [3.05, 3.63) is 29.8 Å². The number of hydrogen-bond donors (Lipinski definition) is 2. The van der Waals surface area contributed by atoms with E-state index in [2.05, 4.69) is 29.5 Å². The Bertz CT molecular complexity index is 402. The summed E-state index contributed by atoms with van der Waals surface area (Å²) < 4.78 is 5.57. The zero-order chi connectivity index (χ0) is 13.7. The maximum Gasteiger partial charge on any atom is 0.119 e. The fourth-order valence-corrected chi connectivity index (χ4v) is 3.72. The van der Waals surface area contributed by atoms with Crippen LogP contribution in [-0.2, 0) is 0 Å². The van der Waals surface area contributed by atoms with E-state index in [1.807, 2.05) is 30.8 Å². The quantitative estimate of drug-likeness (QED) is 0.635. The van der Waals surface area contributed by atoms with Gasteiger partial charge in [-0.2, -0.15) is 11.8 Å². The van der Waals surface area contributed by atoms with Gasteiger partial charge in [-0.15, -0.1) is 0 Å². The van der Waals surface area contributed by atoms with Gasteiger partial charge in [-0.05, 0) is 31.7 Å². The van der Waals surface area contributed by atoms with Gasteiger partial charge in [-0.3, -0.25) is 16.2 Å². The predicted molar refractivity (Wildman–Crippen MR) is 81.4 cm³/mol. The number of hydrazine groups is 1. The van der Waals surface area contributed by atoms with Gasteiger partial charge in [-0.1, -0.05) is 12.1 Å². The van der Waals surface area contributed by atoms with Gasteiger partial charge < -0.3 is 4.74 Å². The van der Waals surface area contributed by atoms with Gasteiger partial charge in [0.1, 0.15) is 5.75 Å². The largest absolute Gasteiger partial charge is 0.494 e. The summed E-state index contributed by atoms with van der Waals surface area (Å²) in [7, 11) is 2.17. The van der Waals surface area contributed by atoms with Crippen LogP contribution in [-0.4, -0.2) is 42.6 Å². The Morgan fingerprint density at radius 3 is 3.11 bits per heavy atom. The Hall–Kier alpha value is -0.750. The van der Waals surface area contributed by atoms with Crippen molar-refractivity contribution in [2.24, 2.45) is 5.84 Å². The third-order valence-electron chi connectivity index (χ3n) is 3.54. The molecule has 0 aliphatic carbocycles. The van der Waals surface area contributed by atoms with Crippen LogP contribution in [0, 0.1) is 0 Å². The molecule has 0 aromatic heterocycles. The number of nitrogens with zero attached hydrogens (tertiary/aromatic N) is 1. The first kappa shape index (κ1) is 14.7. The molecule has 5 heteroatoms. The fraction of sp³-hybridized carbons (Fsp3) is 0.571. The molecule has 4 nitrogen and oxygen atoms in total. The van der Waals surface area contributed by atoms with E-state index in [1.165, 1.54) is 11.3 Å². The van der Waals surface area contributed by atoms with Gasteiger partial charge >= 0.3 is 0 Å². The number of likely N-dealkylation sites (N-methyl/N-ethyl adjacent to an activating group) is 1. The normalized spacial score (nSPS) is 22.2. The van der Waals surface area contributed by atoms with Crippen LogP contribution < -0.4 is 16.0 Å². The Balaban J connectivity index is 2.18. The van der Waals surface area contributed by atoms with Gasteiger partial charge in [0.25, 0.3) is 0 Å². The van der Waals surface area contributed by atoms with E-state index in [0.717, 1.165) is 18.0 Å². The van der Waals surface area contributed by atoms with E-state index >= 15 is 0 Å². The molecule has 0 spiro atoms. The number of hydrogen-bond acceptors (Lipinski definition) is 5. The molecule has 0 bridgehead atoms. The second kappa shape index (κ2) is 7.14. The lowest BCUT2D eigenvalue weighted by Crippen LogP contribution is -2.49. The summed E-state index contributed by atoms with van der Waals surface area (Å²) in [5, 5.41) is 0. The highest BCUT2D eigenvalue weighted by molar-refractivity contribution is 7.99. The molecule has 1 aromatic carbocycles. The highest BCUT2D eigenvalue weighted by Crippen LogP contribution is 2.28. The molecule has 106 valence electrons. The molecule has 1 aliphatic heterocycles. The number of benzene rings is 1. The van der Waals surface area contributed by atoms with E-state index in [1.54, 1.807) is 0 Å². The smallest absolute Gasteiger partial charge is 0.119 e. The maximum absolute atomic E-state index is 5.80. The average molecular weight is 281 g/mol. The minimum atomic E-state index is 0.137. The van der Waals surface area contributed by atoms with Gasteiger partial charge in [-0.25, -0.2) is 0 Å². The van der Waals surface area contributed by atoms with Crippen molar-refractivity contribution in [2.75, 3.05) is 31.7 Å². The first-order chi connectivity index (χ1) is 9.26. The number of rotatable bonds is 5. The molecule has 3 N–H and O–H groups in total. The summed E-state index contributed by atoms with van der Waals surface area (Å²) in [5.74, 6) is 9.00. The van der Waals surface area contributed by atoms with Gasteiger partial charge in [0.15, 0.2) is 0 Å². The maximum atomic E-state index is 5.80. The molecular formula is C14H23N3OS. The summed E-state index contributed by atoms with van der Waals surface area (Å²) in [4.78, 5) is 2.38.